The molecule has 0 unspecified atom stereocenters. The van der Waals surface area contributed by atoms with Crippen molar-refractivity contribution in [3.63, 3.8) is 0 Å². The van der Waals surface area contributed by atoms with Crippen molar-refractivity contribution in [2.75, 3.05) is 6.54 Å². The molecule has 4 rings (SSSR count). The van der Waals surface area contributed by atoms with E-state index >= 15 is 0 Å². The molecule has 12 heteroatoms. The SMILES string of the molecule is Cc1ccccc1CN(CCCn1ccnc1)Cc1cn[nH]c1-c1ccccc1.O=C(O)CC(O)(CC(=O)O)C(=O)O. The second-order valence-corrected chi connectivity index (χ2v) is 9.91. The predicted octanol–water partition coefficient (Wildman–Crippen LogP) is 3.43. The number of aromatic amines is 1. The maximum atomic E-state index is 10.3. The molecule has 4 aromatic rings. The van der Waals surface area contributed by atoms with Crippen molar-refractivity contribution in [1.29, 1.82) is 0 Å². The van der Waals surface area contributed by atoms with Crippen LogP contribution in [0, 0.1) is 6.92 Å². The third-order valence-corrected chi connectivity index (χ3v) is 6.56. The lowest BCUT2D eigenvalue weighted by molar-refractivity contribution is -0.170. The van der Waals surface area contributed by atoms with Gasteiger partial charge in [-0.1, -0.05) is 54.6 Å². The average molecular weight is 578 g/mol. The van der Waals surface area contributed by atoms with E-state index in [-0.39, 0.29) is 0 Å². The van der Waals surface area contributed by atoms with Gasteiger partial charge in [0.2, 0.25) is 0 Å². The van der Waals surface area contributed by atoms with E-state index in [4.69, 9.17) is 20.4 Å². The van der Waals surface area contributed by atoms with Crippen molar-refractivity contribution >= 4 is 17.9 Å². The Hall–Kier alpha value is -4.81. The van der Waals surface area contributed by atoms with Crippen LogP contribution in [0.25, 0.3) is 11.3 Å². The molecule has 5 N–H and O–H groups in total. The number of rotatable bonds is 14. The molecule has 0 amide bonds. The van der Waals surface area contributed by atoms with E-state index in [9.17, 15) is 14.4 Å². The highest BCUT2D eigenvalue weighted by Crippen LogP contribution is 2.23. The van der Waals surface area contributed by atoms with Crippen molar-refractivity contribution in [3.05, 3.63) is 96.2 Å². The summed E-state index contributed by atoms with van der Waals surface area (Å²) < 4.78 is 2.14. The van der Waals surface area contributed by atoms with Gasteiger partial charge in [0, 0.05) is 44.1 Å². The number of aliphatic hydroxyl groups is 1. The van der Waals surface area contributed by atoms with Gasteiger partial charge in [0.05, 0.1) is 31.1 Å². The topological polar surface area (TPSA) is 182 Å². The maximum Gasteiger partial charge on any atom is 0.336 e. The number of hydrogen-bond donors (Lipinski definition) is 5. The third kappa shape index (κ3) is 9.68. The van der Waals surface area contributed by atoms with Crippen molar-refractivity contribution in [2.45, 2.75) is 51.4 Å². The molecule has 2 aromatic carbocycles. The largest absolute Gasteiger partial charge is 0.481 e. The first kappa shape index (κ1) is 31.7. The summed E-state index contributed by atoms with van der Waals surface area (Å²) in [5.74, 6) is -5.02. The zero-order valence-corrected chi connectivity index (χ0v) is 23.3. The lowest BCUT2D eigenvalue weighted by Crippen LogP contribution is -2.42. The summed E-state index contributed by atoms with van der Waals surface area (Å²) in [5, 5.41) is 41.3. The van der Waals surface area contributed by atoms with E-state index in [2.05, 4.69) is 80.1 Å². The highest BCUT2D eigenvalue weighted by molar-refractivity contribution is 5.88. The molecule has 12 nitrogen and oxygen atoms in total. The van der Waals surface area contributed by atoms with Gasteiger partial charge in [-0.3, -0.25) is 19.6 Å². The zero-order chi connectivity index (χ0) is 30.5. The molecule has 0 saturated heterocycles. The number of carboxylic acid groups (broad SMARTS) is 3. The summed E-state index contributed by atoms with van der Waals surface area (Å²) in [4.78, 5) is 37.1. The Morgan fingerprint density at radius 1 is 0.929 bits per heavy atom. The van der Waals surface area contributed by atoms with Crippen LogP contribution >= 0.6 is 0 Å². The number of aromatic nitrogens is 4. The van der Waals surface area contributed by atoms with Crippen LogP contribution in [0.15, 0.2) is 79.5 Å². The summed E-state index contributed by atoms with van der Waals surface area (Å²) in [6.45, 7) is 5.95. The van der Waals surface area contributed by atoms with Crippen LogP contribution in [-0.2, 0) is 34.0 Å². The number of imidazole rings is 1. The number of carbonyl (C=O) groups is 3. The van der Waals surface area contributed by atoms with Gasteiger partial charge in [-0.25, -0.2) is 9.78 Å². The maximum absolute atomic E-state index is 10.3. The van der Waals surface area contributed by atoms with Crippen LogP contribution in [0.4, 0.5) is 0 Å². The molecule has 0 fully saturated rings. The van der Waals surface area contributed by atoms with Gasteiger partial charge in [-0.2, -0.15) is 5.10 Å². The second-order valence-electron chi connectivity index (χ2n) is 9.91. The Bertz CT molecular complexity index is 1420. The molecule has 2 heterocycles. The number of nitrogens with zero attached hydrogens (tertiary/aromatic N) is 4. The molecule has 42 heavy (non-hydrogen) atoms. The van der Waals surface area contributed by atoms with Crippen LogP contribution in [-0.4, -0.2) is 75.1 Å². The summed E-state index contributed by atoms with van der Waals surface area (Å²) >= 11 is 0. The molecule has 0 spiro atoms. The number of H-pyrrole nitrogens is 1. The van der Waals surface area contributed by atoms with Crippen LogP contribution in [0.3, 0.4) is 0 Å². The Kier molecular flexibility index (Phi) is 11.5. The van der Waals surface area contributed by atoms with Gasteiger partial charge in [-0.15, -0.1) is 0 Å². The number of hydrogen-bond acceptors (Lipinski definition) is 7. The number of benzene rings is 2. The van der Waals surface area contributed by atoms with Gasteiger partial charge < -0.3 is 25.0 Å². The first-order chi connectivity index (χ1) is 20.1. The number of aliphatic carboxylic acids is 3. The normalized spacial score (nSPS) is 11.1. The van der Waals surface area contributed by atoms with Crippen molar-refractivity contribution in [2.24, 2.45) is 0 Å². The number of carboxylic acids is 3. The molecule has 222 valence electrons. The van der Waals surface area contributed by atoms with E-state index in [1.54, 1.807) is 0 Å². The van der Waals surface area contributed by atoms with Crippen LogP contribution in [0.1, 0.15) is 36.0 Å². The van der Waals surface area contributed by atoms with Crippen LogP contribution in [0.5, 0.6) is 0 Å². The van der Waals surface area contributed by atoms with Gasteiger partial charge >= 0.3 is 17.9 Å². The monoisotopic (exact) mass is 577 g/mol. The molecule has 0 bridgehead atoms. The minimum atomic E-state index is -2.74. The van der Waals surface area contributed by atoms with E-state index < -0.39 is 36.4 Å². The lowest BCUT2D eigenvalue weighted by atomic mass is 9.96. The lowest BCUT2D eigenvalue weighted by Gasteiger charge is -2.23. The zero-order valence-electron chi connectivity index (χ0n) is 23.3. The predicted molar refractivity (Wildman–Crippen MR) is 153 cm³/mol. The molecule has 0 atom stereocenters. The van der Waals surface area contributed by atoms with E-state index in [1.165, 1.54) is 22.3 Å². The van der Waals surface area contributed by atoms with E-state index in [0.717, 1.165) is 38.3 Å². The molecule has 0 saturated carbocycles. The Balaban J connectivity index is 0.000000316. The average Bonchev–Trinajstić information content (AvgIpc) is 3.62. The smallest absolute Gasteiger partial charge is 0.336 e. The Morgan fingerprint density at radius 3 is 2.17 bits per heavy atom. The van der Waals surface area contributed by atoms with Gasteiger partial charge in [0.25, 0.3) is 0 Å². The molecule has 2 aromatic heterocycles. The standard InChI is InChI=1S/C24H27N5.C6H8O7/c1-20-8-5-6-11-22(20)17-29(14-7-13-28-15-12-25-19-28)18-23-16-26-27-24(23)21-9-3-2-4-10-21;7-3(8)1-6(13,5(11)12)2-4(9)10/h2-6,8-12,15-16,19H,7,13-14,17-18H2,1H3,(H,26,27);13H,1-2H2,(H,7,8)(H,9,10)(H,11,12). The number of nitrogens with one attached hydrogen (secondary N) is 1. The van der Waals surface area contributed by atoms with E-state index in [0.29, 0.717) is 0 Å². The van der Waals surface area contributed by atoms with Gasteiger partial charge in [-0.05, 0) is 30.0 Å². The second kappa shape index (κ2) is 15.3. The van der Waals surface area contributed by atoms with Crippen LogP contribution in [0.2, 0.25) is 0 Å². The van der Waals surface area contributed by atoms with Crippen molar-refractivity contribution < 1.29 is 34.8 Å². The highest BCUT2D eigenvalue weighted by Gasteiger charge is 2.40. The molecule has 0 aliphatic heterocycles. The summed E-state index contributed by atoms with van der Waals surface area (Å²) in [6, 6.07) is 19.1. The van der Waals surface area contributed by atoms with Crippen molar-refractivity contribution in [3.8, 4) is 11.3 Å². The molecular formula is C30H35N5O7. The fourth-order valence-corrected chi connectivity index (χ4v) is 4.38. The summed E-state index contributed by atoms with van der Waals surface area (Å²) in [7, 11) is 0. The molecule has 0 aliphatic rings. The highest BCUT2D eigenvalue weighted by atomic mass is 16.4. The first-order valence-corrected chi connectivity index (χ1v) is 13.3. The number of aryl methyl sites for hydroxylation is 2. The van der Waals surface area contributed by atoms with E-state index in [1.807, 2.05) is 31.0 Å². The van der Waals surface area contributed by atoms with Gasteiger partial charge in [0.1, 0.15) is 0 Å². The molecule has 0 radical (unpaired) electrons. The molecule has 0 aliphatic carbocycles. The summed E-state index contributed by atoms with van der Waals surface area (Å²) in [6.07, 6.45) is 6.49. The Morgan fingerprint density at radius 2 is 1.57 bits per heavy atom. The fraction of sp³-hybridized carbons (Fsp3) is 0.300. The quantitative estimate of drug-likeness (QED) is 0.149. The first-order valence-electron chi connectivity index (χ1n) is 13.3. The molecular weight excluding hydrogens is 542 g/mol. The van der Waals surface area contributed by atoms with Gasteiger partial charge in [0.15, 0.2) is 5.60 Å². The van der Waals surface area contributed by atoms with Crippen molar-refractivity contribution in [1.82, 2.24) is 24.6 Å². The fourth-order valence-electron chi connectivity index (χ4n) is 4.38. The summed E-state index contributed by atoms with van der Waals surface area (Å²) in [5.41, 5.74) is 3.48. The third-order valence-electron chi connectivity index (χ3n) is 6.56. The van der Waals surface area contributed by atoms with Crippen LogP contribution < -0.4 is 0 Å². The minimum Gasteiger partial charge on any atom is -0.481 e. The minimum absolute atomic E-state index is 0.860. The Labute approximate surface area is 242 Å².